The van der Waals surface area contributed by atoms with Crippen molar-refractivity contribution in [2.24, 2.45) is 0 Å². The summed E-state index contributed by atoms with van der Waals surface area (Å²) < 4.78 is 5.68. The van der Waals surface area contributed by atoms with Crippen LogP contribution in [0.1, 0.15) is 11.5 Å². The van der Waals surface area contributed by atoms with E-state index >= 15 is 0 Å². The lowest BCUT2D eigenvalue weighted by Crippen LogP contribution is -2.46. The number of hydrogen-bond acceptors (Lipinski definition) is 5. The molecule has 118 valence electrons. The Morgan fingerprint density at radius 2 is 1.83 bits per heavy atom. The molecule has 0 spiro atoms. The van der Waals surface area contributed by atoms with Gasteiger partial charge in [0.05, 0.1) is 12.1 Å². The van der Waals surface area contributed by atoms with Gasteiger partial charge in [-0.15, -0.1) is 0 Å². The summed E-state index contributed by atoms with van der Waals surface area (Å²) in [6, 6.07) is 12.3. The van der Waals surface area contributed by atoms with Gasteiger partial charge >= 0.3 is 0 Å². The predicted molar refractivity (Wildman–Crippen MR) is 90.5 cm³/mol. The largest absolute Gasteiger partial charge is 0.465 e. The van der Waals surface area contributed by atoms with Crippen LogP contribution in [0.15, 0.2) is 47.1 Å². The van der Waals surface area contributed by atoms with Crippen molar-refractivity contribution in [3.63, 3.8) is 0 Å². The average Bonchev–Trinajstić information content (AvgIpc) is 3.00. The van der Waals surface area contributed by atoms with Crippen molar-refractivity contribution in [2.45, 2.75) is 13.5 Å². The molecule has 0 N–H and O–H groups in total. The molecule has 0 radical (unpaired) electrons. The second-order valence-electron chi connectivity index (χ2n) is 5.99. The molecule has 0 atom stereocenters. The molecule has 3 aromatic rings. The molecule has 4 rings (SSSR count). The number of hydrogen-bond donors (Lipinski definition) is 0. The Labute approximate surface area is 135 Å². The smallest absolute Gasteiger partial charge is 0.139 e. The van der Waals surface area contributed by atoms with Gasteiger partial charge in [0.25, 0.3) is 0 Å². The Bertz CT molecular complexity index is 800. The van der Waals surface area contributed by atoms with Crippen LogP contribution in [-0.2, 0) is 6.54 Å². The van der Waals surface area contributed by atoms with Crippen LogP contribution in [-0.4, -0.2) is 41.0 Å². The van der Waals surface area contributed by atoms with Crippen molar-refractivity contribution >= 4 is 16.7 Å². The summed E-state index contributed by atoms with van der Waals surface area (Å²) in [5.41, 5.74) is 1.01. The van der Waals surface area contributed by atoms with Gasteiger partial charge in [-0.3, -0.25) is 4.90 Å². The summed E-state index contributed by atoms with van der Waals surface area (Å²) in [6.45, 7) is 6.84. The number of benzene rings is 1. The van der Waals surface area contributed by atoms with Gasteiger partial charge in [0.1, 0.15) is 23.7 Å². The summed E-state index contributed by atoms with van der Waals surface area (Å²) in [6.07, 6.45) is 1.66. The zero-order valence-corrected chi connectivity index (χ0v) is 13.3. The van der Waals surface area contributed by atoms with Crippen molar-refractivity contribution in [3.8, 4) is 0 Å². The minimum atomic E-state index is 0.881. The number of furan rings is 1. The first-order valence-electron chi connectivity index (χ1n) is 8.02. The summed E-state index contributed by atoms with van der Waals surface area (Å²) in [5, 5.41) is 1.13. The van der Waals surface area contributed by atoms with Crippen molar-refractivity contribution in [1.29, 1.82) is 0 Å². The van der Waals surface area contributed by atoms with E-state index in [0.29, 0.717) is 0 Å². The van der Waals surface area contributed by atoms with Crippen LogP contribution in [0.25, 0.3) is 10.9 Å². The lowest BCUT2D eigenvalue weighted by molar-refractivity contribution is 0.229. The highest BCUT2D eigenvalue weighted by Crippen LogP contribution is 2.23. The van der Waals surface area contributed by atoms with E-state index in [9.17, 15) is 0 Å². The number of nitrogens with zero attached hydrogens (tertiary/aromatic N) is 4. The summed E-state index contributed by atoms with van der Waals surface area (Å²) in [4.78, 5) is 13.7. The Morgan fingerprint density at radius 3 is 2.61 bits per heavy atom. The quantitative estimate of drug-likeness (QED) is 0.744. The SMILES string of the molecule is Cc1ccc(CN2CCN(c3ncnc4ccccc34)CC2)o1. The van der Waals surface area contributed by atoms with E-state index in [2.05, 4.69) is 31.9 Å². The first-order chi connectivity index (χ1) is 11.3. The standard InChI is InChI=1S/C18H20N4O/c1-14-6-7-15(23-14)12-21-8-10-22(11-9-21)18-16-4-2-3-5-17(16)19-13-20-18/h2-7,13H,8-12H2,1H3. The monoisotopic (exact) mass is 308 g/mol. The number of aromatic nitrogens is 2. The number of aryl methyl sites for hydroxylation is 1. The van der Waals surface area contributed by atoms with E-state index in [1.807, 2.05) is 31.2 Å². The van der Waals surface area contributed by atoms with Gasteiger partial charge in [0.15, 0.2) is 0 Å². The van der Waals surface area contributed by atoms with E-state index in [-0.39, 0.29) is 0 Å². The van der Waals surface area contributed by atoms with Gasteiger partial charge in [-0.1, -0.05) is 12.1 Å². The van der Waals surface area contributed by atoms with E-state index in [4.69, 9.17) is 4.42 Å². The number of fused-ring (bicyclic) bond motifs is 1. The Balaban J connectivity index is 1.46. The van der Waals surface area contributed by atoms with Crippen LogP contribution in [0, 0.1) is 6.92 Å². The highest BCUT2D eigenvalue weighted by Gasteiger charge is 2.20. The van der Waals surface area contributed by atoms with Crippen LogP contribution >= 0.6 is 0 Å². The molecule has 1 aromatic carbocycles. The van der Waals surface area contributed by atoms with Crippen LogP contribution in [0.4, 0.5) is 5.82 Å². The van der Waals surface area contributed by atoms with E-state index < -0.39 is 0 Å². The Hall–Kier alpha value is -2.40. The third-order valence-electron chi connectivity index (χ3n) is 4.37. The van der Waals surface area contributed by atoms with Gasteiger partial charge in [-0.25, -0.2) is 9.97 Å². The fourth-order valence-corrected chi connectivity index (χ4v) is 3.15. The van der Waals surface area contributed by atoms with Gasteiger partial charge < -0.3 is 9.32 Å². The minimum Gasteiger partial charge on any atom is -0.465 e. The maximum Gasteiger partial charge on any atom is 0.139 e. The molecule has 0 aliphatic carbocycles. The average molecular weight is 308 g/mol. The van der Waals surface area contributed by atoms with Crippen molar-refractivity contribution in [2.75, 3.05) is 31.1 Å². The first-order valence-corrected chi connectivity index (χ1v) is 8.02. The molecule has 1 saturated heterocycles. The Kier molecular flexibility index (Phi) is 3.71. The molecule has 2 aromatic heterocycles. The maximum absolute atomic E-state index is 5.68. The van der Waals surface area contributed by atoms with Crippen LogP contribution in [0.5, 0.6) is 0 Å². The summed E-state index contributed by atoms with van der Waals surface area (Å²) in [7, 11) is 0. The molecule has 3 heterocycles. The topological polar surface area (TPSA) is 45.4 Å². The Morgan fingerprint density at radius 1 is 1.00 bits per heavy atom. The normalized spacial score (nSPS) is 16.1. The second kappa shape index (κ2) is 6.01. The number of para-hydroxylation sites is 1. The molecular formula is C18H20N4O. The molecule has 1 aliphatic rings. The molecule has 5 nitrogen and oxygen atoms in total. The number of piperazine rings is 1. The van der Waals surface area contributed by atoms with E-state index in [0.717, 1.165) is 61.0 Å². The molecule has 0 bridgehead atoms. The second-order valence-corrected chi connectivity index (χ2v) is 5.99. The summed E-state index contributed by atoms with van der Waals surface area (Å²) in [5.74, 6) is 3.07. The molecule has 0 unspecified atom stereocenters. The van der Waals surface area contributed by atoms with E-state index in [1.165, 1.54) is 0 Å². The molecule has 1 aliphatic heterocycles. The molecule has 23 heavy (non-hydrogen) atoms. The molecule has 0 amide bonds. The molecular weight excluding hydrogens is 288 g/mol. The third kappa shape index (κ3) is 2.92. The van der Waals surface area contributed by atoms with Gasteiger partial charge in [0, 0.05) is 31.6 Å². The van der Waals surface area contributed by atoms with Crippen molar-refractivity contribution in [1.82, 2.24) is 14.9 Å². The summed E-state index contributed by atoms with van der Waals surface area (Å²) >= 11 is 0. The van der Waals surface area contributed by atoms with Gasteiger partial charge in [-0.05, 0) is 31.2 Å². The van der Waals surface area contributed by atoms with Crippen LogP contribution in [0.2, 0.25) is 0 Å². The fourth-order valence-electron chi connectivity index (χ4n) is 3.15. The van der Waals surface area contributed by atoms with Crippen molar-refractivity contribution < 1.29 is 4.42 Å². The zero-order chi connectivity index (χ0) is 15.6. The number of anilines is 1. The molecule has 0 saturated carbocycles. The van der Waals surface area contributed by atoms with Crippen molar-refractivity contribution in [3.05, 3.63) is 54.2 Å². The molecule has 1 fully saturated rings. The van der Waals surface area contributed by atoms with Crippen LogP contribution in [0.3, 0.4) is 0 Å². The lowest BCUT2D eigenvalue weighted by atomic mass is 10.2. The van der Waals surface area contributed by atoms with Gasteiger partial charge in [0.2, 0.25) is 0 Å². The highest BCUT2D eigenvalue weighted by molar-refractivity contribution is 5.89. The predicted octanol–water partition coefficient (Wildman–Crippen LogP) is 2.85. The van der Waals surface area contributed by atoms with E-state index in [1.54, 1.807) is 6.33 Å². The zero-order valence-electron chi connectivity index (χ0n) is 13.3. The maximum atomic E-state index is 5.68. The third-order valence-corrected chi connectivity index (χ3v) is 4.37. The highest BCUT2D eigenvalue weighted by atomic mass is 16.3. The minimum absolute atomic E-state index is 0.881. The van der Waals surface area contributed by atoms with Crippen LogP contribution < -0.4 is 4.90 Å². The first kappa shape index (κ1) is 14.2. The van der Waals surface area contributed by atoms with Gasteiger partial charge in [-0.2, -0.15) is 0 Å². The molecule has 5 heteroatoms. The lowest BCUT2D eigenvalue weighted by Gasteiger charge is -2.35. The fraction of sp³-hybridized carbons (Fsp3) is 0.333. The number of rotatable bonds is 3.